The Morgan fingerprint density at radius 2 is 2.00 bits per heavy atom. The van der Waals surface area contributed by atoms with Crippen LogP contribution in [0.1, 0.15) is 32.1 Å². The van der Waals surface area contributed by atoms with Gasteiger partial charge >= 0.3 is 0 Å². The molecule has 0 amide bonds. The fraction of sp³-hybridized carbons (Fsp3) is 0.545. The third-order valence-electron chi connectivity index (χ3n) is 3.16. The van der Waals surface area contributed by atoms with E-state index in [1.807, 2.05) is 0 Å². The van der Waals surface area contributed by atoms with Gasteiger partial charge in [0.2, 0.25) is 11.2 Å². The second-order valence-electron chi connectivity index (χ2n) is 4.55. The minimum atomic E-state index is 0.152. The van der Waals surface area contributed by atoms with Crippen molar-refractivity contribution in [2.24, 2.45) is 0 Å². The third kappa shape index (κ3) is 2.98. The van der Waals surface area contributed by atoms with Crippen LogP contribution in [0.2, 0.25) is 5.28 Å². The molecule has 2 aromatic rings. The number of nitrogens with zero attached hydrogens (tertiary/aromatic N) is 6. The van der Waals surface area contributed by atoms with E-state index < -0.39 is 0 Å². The van der Waals surface area contributed by atoms with Crippen LogP contribution < -0.4 is 5.32 Å². The van der Waals surface area contributed by atoms with Crippen LogP contribution in [0.15, 0.2) is 12.7 Å². The molecule has 0 unspecified atom stereocenters. The average Bonchev–Trinajstić information content (AvgIpc) is 2.93. The fourth-order valence-electron chi connectivity index (χ4n) is 2.25. The summed E-state index contributed by atoms with van der Waals surface area (Å²) in [6.07, 6.45) is 9.02. The van der Waals surface area contributed by atoms with Gasteiger partial charge in [-0.05, 0) is 24.4 Å². The Morgan fingerprint density at radius 3 is 2.74 bits per heavy atom. The molecule has 0 atom stereocenters. The molecule has 8 heteroatoms. The van der Waals surface area contributed by atoms with Gasteiger partial charge in [-0.2, -0.15) is 24.7 Å². The number of rotatable bonds is 3. The molecule has 0 spiro atoms. The van der Waals surface area contributed by atoms with E-state index in [0.29, 0.717) is 17.9 Å². The van der Waals surface area contributed by atoms with Crippen molar-refractivity contribution in [2.75, 3.05) is 5.32 Å². The Balaban J connectivity index is 1.81. The van der Waals surface area contributed by atoms with Gasteiger partial charge in [0.05, 0.1) is 0 Å². The molecule has 1 aliphatic carbocycles. The summed E-state index contributed by atoms with van der Waals surface area (Å²) in [6, 6.07) is 0.413. The van der Waals surface area contributed by atoms with Gasteiger partial charge in [-0.1, -0.05) is 19.3 Å². The molecule has 0 radical (unpaired) electrons. The SMILES string of the molecule is Clc1nc(NC2CCCCC2)nc(-n2cncn2)n1. The maximum Gasteiger partial charge on any atom is 0.258 e. The molecule has 1 aliphatic rings. The number of halogens is 1. The molecule has 7 nitrogen and oxygen atoms in total. The smallest absolute Gasteiger partial charge is 0.258 e. The lowest BCUT2D eigenvalue weighted by atomic mass is 9.96. The average molecular weight is 280 g/mol. The summed E-state index contributed by atoms with van der Waals surface area (Å²) in [4.78, 5) is 16.3. The van der Waals surface area contributed by atoms with E-state index in [4.69, 9.17) is 11.6 Å². The molecule has 0 saturated heterocycles. The fourth-order valence-corrected chi connectivity index (χ4v) is 2.40. The lowest BCUT2D eigenvalue weighted by Gasteiger charge is -2.22. The van der Waals surface area contributed by atoms with Gasteiger partial charge in [0.25, 0.3) is 5.95 Å². The van der Waals surface area contributed by atoms with Crippen molar-refractivity contribution >= 4 is 17.5 Å². The predicted molar refractivity (Wildman–Crippen MR) is 70.2 cm³/mol. The highest BCUT2D eigenvalue weighted by Crippen LogP contribution is 2.20. The normalized spacial score (nSPS) is 16.5. The third-order valence-corrected chi connectivity index (χ3v) is 3.33. The molecule has 1 N–H and O–H groups in total. The molecule has 0 aromatic carbocycles. The summed E-state index contributed by atoms with van der Waals surface area (Å²) in [7, 11) is 0. The summed E-state index contributed by atoms with van der Waals surface area (Å²) in [5, 5.41) is 7.45. The van der Waals surface area contributed by atoms with Gasteiger partial charge in [-0.15, -0.1) is 0 Å². The zero-order chi connectivity index (χ0) is 13.1. The van der Waals surface area contributed by atoms with Gasteiger partial charge in [-0.3, -0.25) is 0 Å². The zero-order valence-electron chi connectivity index (χ0n) is 10.3. The predicted octanol–water partition coefficient (Wildman–Crippen LogP) is 1.85. The molecule has 100 valence electrons. The minimum Gasteiger partial charge on any atom is -0.351 e. The quantitative estimate of drug-likeness (QED) is 0.923. The first kappa shape index (κ1) is 12.3. The highest BCUT2D eigenvalue weighted by molar-refractivity contribution is 6.28. The summed E-state index contributed by atoms with van der Waals surface area (Å²) >= 11 is 5.92. The van der Waals surface area contributed by atoms with E-state index in [-0.39, 0.29) is 5.28 Å². The Labute approximate surface area is 115 Å². The van der Waals surface area contributed by atoms with Crippen LogP contribution in [0.25, 0.3) is 5.95 Å². The Hall–Kier alpha value is -1.76. The Kier molecular flexibility index (Phi) is 3.54. The molecular formula is C11H14ClN7. The van der Waals surface area contributed by atoms with Crippen LogP contribution in [-0.4, -0.2) is 35.8 Å². The lowest BCUT2D eigenvalue weighted by molar-refractivity contribution is 0.460. The molecule has 0 bridgehead atoms. The van der Waals surface area contributed by atoms with Crippen LogP contribution >= 0.6 is 11.6 Å². The molecule has 2 heterocycles. The highest BCUT2D eigenvalue weighted by atomic mass is 35.5. The van der Waals surface area contributed by atoms with Crippen molar-refractivity contribution in [1.29, 1.82) is 0 Å². The maximum absolute atomic E-state index is 5.92. The molecular weight excluding hydrogens is 266 g/mol. The van der Waals surface area contributed by atoms with Gasteiger partial charge < -0.3 is 5.32 Å². The summed E-state index contributed by atoms with van der Waals surface area (Å²) < 4.78 is 1.46. The van der Waals surface area contributed by atoms with Crippen molar-refractivity contribution in [1.82, 2.24) is 29.7 Å². The second kappa shape index (κ2) is 5.48. The van der Waals surface area contributed by atoms with Gasteiger partial charge in [0.15, 0.2) is 0 Å². The van der Waals surface area contributed by atoms with E-state index in [0.717, 1.165) is 12.8 Å². The van der Waals surface area contributed by atoms with E-state index in [2.05, 4.69) is 30.4 Å². The number of anilines is 1. The van der Waals surface area contributed by atoms with Crippen molar-refractivity contribution in [3.05, 3.63) is 17.9 Å². The van der Waals surface area contributed by atoms with Crippen molar-refractivity contribution in [3.63, 3.8) is 0 Å². The number of hydrogen-bond donors (Lipinski definition) is 1. The van der Waals surface area contributed by atoms with Gasteiger partial charge in [0, 0.05) is 6.04 Å². The van der Waals surface area contributed by atoms with Crippen molar-refractivity contribution < 1.29 is 0 Å². The number of nitrogens with one attached hydrogen (secondary N) is 1. The standard InChI is InChI=1S/C11H14ClN7/c12-9-16-10(15-8-4-2-1-3-5-8)18-11(17-9)19-7-13-6-14-19/h6-8H,1-5H2,(H,15,16,17,18). The van der Waals surface area contributed by atoms with E-state index in [9.17, 15) is 0 Å². The summed E-state index contributed by atoms with van der Waals surface area (Å²) in [5.74, 6) is 0.869. The minimum absolute atomic E-state index is 0.152. The van der Waals surface area contributed by atoms with E-state index >= 15 is 0 Å². The summed E-state index contributed by atoms with van der Waals surface area (Å²) in [6.45, 7) is 0. The first-order valence-electron chi connectivity index (χ1n) is 6.34. The number of hydrogen-bond acceptors (Lipinski definition) is 6. The Morgan fingerprint density at radius 1 is 1.16 bits per heavy atom. The second-order valence-corrected chi connectivity index (χ2v) is 4.89. The highest BCUT2D eigenvalue weighted by Gasteiger charge is 2.15. The van der Waals surface area contributed by atoms with E-state index in [1.54, 1.807) is 0 Å². The largest absolute Gasteiger partial charge is 0.351 e. The van der Waals surface area contributed by atoms with Crippen LogP contribution in [0, 0.1) is 0 Å². The topological polar surface area (TPSA) is 81.4 Å². The van der Waals surface area contributed by atoms with Crippen molar-refractivity contribution in [2.45, 2.75) is 38.1 Å². The monoisotopic (exact) mass is 279 g/mol. The van der Waals surface area contributed by atoms with Crippen LogP contribution in [0.5, 0.6) is 0 Å². The van der Waals surface area contributed by atoms with Crippen molar-refractivity contribution in [3.8, 4) is 5.95 Å². The molecule has 2 aromatic heterocycles. The summed E-state index contributed by atoms with van der Waals surface area (Å²) in [5.41, 5.74) is 0. The molecule has 3 rings (SSSR count). The van der Waals surface area contributed by atoms with Crippen LogP contribution in [0.3, 0.4) is 0 Å². The first-order chi connectivity index (χ1) is 9.31. The van der Waals surface area contributed by atoms with Gasteiger partial charge in [-0.25, -0.2) is 4.98 Å². The molecule has 0 aliphatic heterocycles. The van der Waals surface area contributed by atoms with Crippen LogP contribution in [-0.2, 0) is 0 Å². The van der Waals surface area contributed by atoms with E-state index in [1.165, 1.54) is 36.6 Å². The first-order valence-corrected chi connectivity index (χ1v) is 6.72. The molecule has 1 fully saturated rings. The maximum atomic E-state index is 5.92. The zero-order valence-corrected chi connectivity index (χ0v) is 11.1. The van der Waals surface area contributed by atoms with Crippen LogP contribution in [0.4, 0.5) is 5.95 Å². The van der Waals surface area contributed by atoms with Gasteiger partial charge in [0.1, 0.15) is 12.7 Å². The molecule has 19 heavy (non-hydrogen) atoms. The Bertz CT molecular complexity index is 536. The lowest BCUT2D eigenvalue weighted by Crippen LogP contribution is -2.24. The number of aromatic nitrogens is 6. The molecule has 1 saturated carbocycles.